The molecule has 0 amide bonds. The van der Waals surface area contributed by atoms with E-state index in [9.17, 15) is 4.57 Å². The highest BCUT2D eigenvalue weighted by atomic mass is 35.7. The molecule has 1 aromatic rings. The van der Waals surface area contributed by atoms with Crippen molar-refractivity contribution in [1.82, 2.24) is 0 Å². The molecule has 0 aromatic heterocycles. The SMILES string of the molecule is O=[P@@](Cl)(Cc1ccc(Cl)cc1)C1CCCCC1. The van der Waals surface area contributed by atoms with Crippen LogP contribution in [0.5, 0.6) is 0 Å². The second kappa shape index (κ2) is 5.78. The lowest BCUT2D eigenvalue weighted by molar-refractivity contribution is 0.488. The normalized spacial score (nSPS) is 21.1. The molecule has 1 atom stereocenters. The van der Waals surface area contributed by atoms with Crippen molar-refractivity contribution in [3.05, 3.63) is 34.9 Å². The lowest BCUT2D eigenvalue weighted by atomic mass is 10.0. The van der Waals surface area contributed by atoms with Crippen LogP contribution in [0, 0.1) is 0 Å². The van der Waals surface area contributed by atoms with Crippen LogP contribution >= 0.6 is 29.3 Å². The van der Waals surface area contributed by atoms with Crippen LogP contribution in [0.15, 0.2) is 24.3 Å². The first-order chi connectivity index (χ1) is 8.08. The summed E-state index contributed by atoms with van der Waals surface area (Å²) in [4.78, 5) is 0. The minimum Gasteiger partial charge on any atom is -0.306 e. The minimum atomic E-state index is -2.58. The van der Waals surface area contributed by atoms with Gasteiger partial charge in [0.2, 0.25) is 0 Å². The maximum Gasteiger partial charge on any atom is 0.176 e. The van der Waals surface area contributed by atoms with Crippen molar-refractivity contribution in [2.45, 2.75) is 43.9 Å². The van der Waals surface area contributed by atoms with Crippen LogP contribution in [0.2, 0.25) is 5.02 Å². The van der Waals surface area contributed by atoms with E-state index in [4.69, 9.17) is 22.8 Å². The molecule has 4 heteroatoms. The molecule has 1 aliphatic rings. The Morgan fingerprint density at radius 3 is 2.29 bits per heavy atom. The highest BCUT2D eigenvalue weighted by Crippen LogP contribution is 2.62. The largest absolute Gasteiger partial charge is 0.306 e. The van der Waals surface area contributed by atoms with Gasteiger partial charge in [0.05, 0.1) is 0 Å². The van der Waals surface area contributed by atoms with Gasteiger partial charge in [-0.2, -0.15) is 0 Å². The molecule has 94 valence electrons. The third kappa shape index (κ3) is 3.74. The van der Waals surface area contributed by atoms with Gasteiger partial charge < -0.3 is 4.57 Å². The molecule has 1 nitrogen and oxygen atoms in total. The van der Waals surface area contributed by atoms with Crippen LogP contribution in [0.3, 0.4) is 0 Å². The first kappa shape index (κ1) is 13.5. The summed E-state index contributed by atoms with van der Waals surface area (Å²) in [6.07, 6.45) is 6.14. The van der Waals surface area contributed by atoms with Crippen LogP contribution in [0.25, 0.3) is 0 Å². The number of benzene rings is 1. The lowest BCUT2D eigenvalue weighted by Gasteiger charge is -2.26. The predicted octanol–water partition coefficient (Wildman–Crippen LogP) is 5.69. The Morgan fingerprint density at radius 1 is 1.12 bits per heavy atom. The van der Waals surface area contributed by atoms with Gasteiger partial charge in [0.25, 0.3) is 0 Å². The van der Waals surface area contributed by atoms with Gasteiger partial charge in [-0.05, 0) is 30.5 Å². The summed E-state index contributed by atoms with van der Waals surface area (Å²) in [7, 11) is 0. The van der Waals surface area contributed by atoms with E-state index in [1.54, 1.807) is 0 Å². The number of halogens is 2. The van der Waals surface area contributed by atoms with E-state index < -0.39 is 6.49 Å². The van der Waals surface area contributed by atoms with Gasteiger partial charge in [-0.15, -0.1) is 0 Å². The molecule has 0 aliphatic heterocycles. The Hall–Kier alpha value is 0.0300. The first-order valence-corrected chi connectivity index (χ1v) is 9.35. The standard InChI is InChI=1S/C13H17Cl2OP/c14-12-8-6-11(7-9-12)10-17(15,16)13-4-2-1-3-5-13/h6-9,13H,1-5,10H2/t17-/m0/s1. The fraction of sp³-hybridized carbons (Fsp3) is 0.538. The van der Waals surface area contributed by atoms with E-state index in [0.29, 0.717) is 11.2 Å². The van der Waals surface area contributed by atoms with Gasteiger partial charge in [-0.3, -0.25) is 0 Å². The Balaban J connectivity index is 2.05. The summed E-state index contributed by atoms with van der Waals surface area (Å²) in [5.74, 6) is 0. The zero-order valence-electron chi connectivity index (χ0n) is 9.74. The summed E-state index contributed by atoms with van der Waals surface area (Å²) in [6, 6.07) is 7.49. The van der Waals surface area contributed by atoms with Gasteiger partial charge in [-0.25, -0.2) is 0 Å². The molecular formula is C13H17Cl2OP. The lowest BCUT2D eigenvalue weighted by Crippen LogP contribution is -2.11. The number of hydrogen-bond acceptors (Lipinski definition) is 1. The highest BCUT2D eigenvalue weighted by Gasteiger charge is 2.31. The van der Waals surface area contributed by atoms with E-state index in [-0.39, 0.29) is 5.66 Å². The summed E-state index contributed by atoms with van der Waals surface area (Å²) >= 11 is 12.1. The fourth-order valence-electron chi connectivity index (χ4n) is 2.43. The third-order valence-electron chi connectivity index (χ3n) is 3.43. The van der Waals surface area contributed by atoms with Gasteiger partial charge in [0.1, 0.15) is 0 Å². The molecule has 0 heterocycles. The second-order valence-corrected chi connectivity index (χ2v) is 9.39. The maximum absolute atomic E-state index is 12.6. The van der Waals surface area contributed by atoms with E-state index in [2.05, 4.69) is 0 Å². The van der Waals surface area contributed by atoms with Crippen LogP contribution in [0.1, 0.15) is 37.7 Å². The minimum absolute atomic E-state index is 0.216. The molecule has 0 saturated heterocycles. The Morgan fingerprint density at radius 2 is 1.71 bits per heavy atom. The smallest absolute Gasteiger partial charge is 0.176 e. The van der Waals surface area contributed by atoms with Gasteiger partial charge in [-0.1, -0.05) is 54.2 Å². The van der Waals surface area contributed by atoms with E-state index in [1.807, 2.05) is 24.3 Å². The summed E-state index contributed by atoms with van der Waals surface area (Å²) in [6.45, 7) is -2.58. The fourth-order valence-corrected chi connectivity index (χ4v) is 5.66. The molecule has 1 saturated carbocycles. The highest BCUT2D eigenvalue weighted by molar-refractivity contribution is 7.89. The topological polar surface area (TPSA) is 17.1 Å². The Bertz CT molecular complexity index is 410. The zero-order valence-corrected chi connectivity index (χ0v) is 12.1. The summed E-state index contributed by atoms with van der Waals surface area (Å²) in [5, 5.41) is 0.704. The average Bonchev–Trinajstić information content (AvgIpc) is 2.33. The Labute approximate surface area is 113 Å². The monoisotopic (exact) mass is 290 g/mol. The van der Waals surface area contributed by atoms with Gasteiger partial charge in [0.15, 0.2) is 6.49 Å². The maximum atomic E-state index is 12.6. The van der Waals surface area contributed by atoms with E-state index in [1.165, 1.54) is 19.3 Å². The number of rotatable bonds is 3. The van der Waals surface area contributed by atoms with E-state index in [0.717, 1.165) is 18.4 Å². The zero-order chi connectivity index (χ0) is 12.3. The quantitative estimate of drug-likeness (QED) is 0.654. The summed E-state index contributed by atoms with van der Waals surface area (Å²) < 4.78 is 12.6. The van der Waals surface area contributed by atoms with Crippen molar-refractivity contribution in [3.63, 3.8) is 0 Å². The number of hydrogen-bond donors (Lipinski definition) is 0. The van der Waals surface area contributed by atoms with Gasteiger partial charge in [0, 0.05) is 16.8 Å². The molecule has 0 spiro atoms. The van der Waals surface area contributed by atoms with Crippen molar-refractivity contribution < 1.29 is 4.57 Å². The van der Waals surface area contributed by atoms with Crippen LogP contribution in [-0.4, -0.2) is 5.66 Å². The molecule has 0 N–H and O–H groups in total. The molecule has 1 aliphatic carbocycles. The Kier molecular flexibility index (Phi) is 4.58. The van der Waals surface area contributed by atoms with Crippen LogP contribution in [0.4, 0.5) is 0 Å². The predicted molar refractivity (Wildman–Crippen MR) is 75.5 cm³/mol. The molecule has 1 fully saturated rings. The third-order valence-corrected chi connectivity index (χ3v) is 7.27. The molecular weight excluding hydrogens is 274 g/mol. The van der Waals surface area contributed by atoms with Crippen molar-refractivity contribution >= 4 is 29.3 Å². The van der Waals surface area contributed by atoms with Crippen molar-refractivity contribution in [2.24, 2.45) is 0 Å². The first-order valence-electron chi connectivity index (χ1n) is 6.11. The molecule has 0 bridgehead atoms. The molecule has 0 radical (unpaired) electrons. The van der Waals surface area contributed by atoms with Crippen molar-refractivity contribution in [2.75, 3.05) is 0 Å². The van der Waals surface area contributed by atoms with E-state index >= 15 is 0 Å². The second-order valence-electron chi connectivity index (χ2n) is 4.78. The van der Waals surface area contributed by atoms with Crippen molar-refractivity contribution in [1.29, 1.82) is 0 Å². The van der Waals surface area contributed by atoms with Crippen LogP contribution < -0.4 is 0 Å². The van der Waals surface area contributed by atoms with Crippen LogP contribution in [-0.2, 0) is 10.7 Å². The van der Waals surface area contributed by atoms with Gasteiger partial charge >= 0.3 is 0 Å². The molecule has 17 heavy (non-hydrogen) atoms. The molecule has 2 rings (SSSR count). The molecule has 1 aromatic carbocycles. The average molecular weight is 291 g/mol. The molecule has 0 unspecified atom stereocenters. The summed E-state index contributed by atoms with van der Waals surface area (Å²) in [5.41, 5.74) is 1.24. The van der Waals surface area contributed by atoms with Crippen molar-refractivity contribution in [3.8, 4) is 0 Å².